The van der Waals surface area contributed by atoms with Crippen molar-refractivity contribution in [3.63, 3.8) is 0 Å². The molecule has 1 heterocycles. The predicted molar refractivity (Wildman–Crippen MR) is 56.8 cm³/mol. The minimum atomic E-state index is 0.445. The molecular formula is C12H13NO2. The van der Waals surface area contributed by atoms with Crippen molar-refractivity contribution in [2.24, 2.45) is 0 Å². The van der Waals surface area contributed by atoms with Gasteiger partial charge in [-0.2, -0.15) is 0 Å². The molecule has 78 valence electrons. The SMILES string of the molecule is Cc1ccc(OCc2cc(C)on2)cc1. The van der Waals surface area contributed by atoms with Crippen LogP contribution in [-0.4, -0.2) is 5.16 Å². The van der Waals surface area contributed by atoms with Gasteiger partial charge in [0.05, 0.1) is 0 Å². The van der Waals surface area contributed by atoms with E-state index in [2.05, 4.69) is 5.16 Å². The molecule has 15 heavy (non-hydrogen) atoms. The van der Waals surface area contributed by atoms with Crippen LogP contribution in [0.15, 0.2) is 34.9 Å². The Bertz CT molecular complexity index is 431. The van der Waals surface area contributed by atoms with Crippen LogP contribution in [0.5, 0.6) is 5.75 Å². The molecule has 0 fully saturated rings. The molecule has 2 aromatic rings. The Morgan fingerprint density at radius 1 is 1.20 bits per heavy atom. The van der Waals surface area contributed by atoms with E-state index in [9.17, 15) is 0 Å². The normalized spacial score (nSPS) is 10.3. The molecule has 0 spiro atoms. The maximum Gasteiger partial charge on any atom is 0.134 e. The van der Waals surface area contributed by atoms with E-state index < -0.39 is 0 Å². The number of benzene rings is 1. The van der Waals surface area contributed by atoms with Crippen molar-refractivity contribution >= 4 is 0 Å². The van der Waals surface area contributed by atoms with Crippen LogP contribution in [0, 0.1) is 13.8 Å². The number of aryl methyl sites for hydroxylation is 2. The van der Waals surface area contributed by atoms with Crippen molar-refractivity contribution in [2.75, 3.05) is 0 Å². The molecule has 1 aromatic carbocycles. The Morgan fingerprint density at radius 2 is 1.93 bits per heavy atom. The molecule has 0 radical (unpaired) electrons. The van der Waals surface area contributed by atoms with Crippen LogP contribution in [0.4, 0.5) is 0 Å². The van der Waals surface area contributed by atoms with Crippen molar-refractivity contribution in [1.29, 1.82) is 0 Å². The van der Waals surface area contributed by atoms with Crippen molar-refractivity contribution in [2.45, 2.75) is 20.5 Å². The first-order valence-electron chi connectivity index (χ1n) is 4.86. The highest BCUT2D eigenvalue weighted by Gasteiger charge is 2.00. The monoisotopic (exact) mass is 203 g/mol. The zero-order valence-electron chi connectivity index (χ0n) is 8.86. The van der Waals surface area contributed by atoms with Crippen LogP contribution in [0.3, 0.4) is 0 Å². The van der Waals surface area contributed by atoms with Crippen LogP contribution in [0.2, 0.25) is 0 Å². The number of nitrogens with zero attached hydrogens (tertiary/aromatic N) is 1. The second-order valence-electron chi connectivity index (χ2n) is 3.53. The summed E-state index contributed by atoms with van der Waals surface area (Å²) < 4.78 is 10.5. The molecule has 0 aliphatic rings. The van der Waals surface area contributed by atoms with Crippen LogP contribution in [-0.2, 0) is 6.61 Å². The van der Waals surface area contributed by atoms with E-state index >= 15 is 0 Å². The lowest BCUT2D eigenvalue weighted by molar-refractivity contribution is 0.288. The summed E-state index contributed by atoms with van der Waals surface area (Å²) in [6.07, 6.45) is 0. The molecule has 0 aliphatic heterocycles. The molecule has 0 saturated carbocycles. The highest BCUT2D eigenvalue weighted by Crippen LogP contribution is 2.13. The second kappa shape index (κ2) is 4.17. The fraction of sp³-hybridized carbons (Fsp3) is 0.250. The summed E-state index contributed by atoms with van der Waals surface area (Å²) in [5, 5.41) is 3.85. The summed E-state index contributed by atoms with van der Waals surface area (Å²) in [6.45, 7) is 4.35. The van der Waals surface area contributed by atoms with Gasteiger partial charge in [0.1, 0.15) is 23.8 Å². The molecule has 0 aliphatic carbocycles. The predicted octanol–water partition coefficient (Wildman–Crippen LogP) is 2.87. The molecule has 3 heteroatoms. The van der Waals surface area contributed by atoms with Gasteiger partial charge in [0.25, 0.3) is 0 Å². The van der Waals surface area contributed by atoms with Gasteiger partial charge in [-0.1, -0.05) is 22.9 Å². The number of hydrogen-bond donors (Lipinski definition) is 0. The van der Waals surface area contributed by atoms with Gasteiger partial charge in [0.2, 0.25) is 0 Å². The van der Waals surface area contributed by atoms with E-state index in [4.69, 9.17) is 9.26 Å². The lowest BCUT2D eigenvalue weighted by Crippen LogP contribution is -1.95. The van der Waals surface area contributed by atoms with E-state index in [1.807, 2.05) is 44.2 Å². The summed E-state index contributed by atoms with van der Waals surface area (Å²) in [6, 6.07) is 9.80. The van der Waals surface area contributed by atoms with Gasteiger partial charge in [-0.05, 0) is 26.0 Å². The van der Waals surface area contributed by atoms with E-state index in [0.717, 1.165) is 17.2 Å². The first-order chi connectivity index (χ1) is 7.24. The maximum absolute atomic E-state index is 5.54. The quantitative estimate of drug-likeness (QED) is 0.769. The molecular weight excluding hydrogens is 190 g/mol. The Hall–Kier alpha value is -1.77. The van der Waals surface area contributed by atoms with Gasteiger partial charge >= 0.3 is 0 Å². The molecule has 0 unspecified atom stereocenters. The summed E-state index contributed by atoms with van der Waals surface area (Å²) in [5.74, 6) is 1.65. The van der Waals surface area contributed by atoms with Crippen LogP contribution < -0.4 is 4.74 Å². The molecule has 0 saturated heterocycles. The van der Waals surface area contributed by atoms with Crippen molar-refractivity contribution in [1.82, 2.24) is 5.16 Å². The van der Waals surface area contributed by atoms with Crippen molar-refractivity contribution in [3.8, 4) is 5.75 Å². The highest BCUT2D eigenvalue weighted by atomic mass is 16.5. The van der Waals surface area contributed by atoms with Gasteiger partial charge in [0, 0.05) is 6.07 Å². The molecule has 0 amide bonds. The largest absolute Gasteiger partial charge is 0.487 e. The van der Waals surface area contributed by atoms with Gasteiger partial charge in [0.15, 0.2) is 0 Å². The minimum Gasteiger partial charge on any atom is -0.487 e. The summed E-state index contributed by atoms with van der Waals surface area (Å²) >= 11 is 0. The van der Waals surface area contributed by atoms with Gasteiger partial charge < -0.3 is 9.26 Å². The van der Waals surface area contributed by atoms with E-state index in [0.29, 0.717) is 6.61 Å². The third-order valence-electron chi connectivity index (χ3n) is 2.08. The Labute approximate surface area is 88.7 Å². The maximum atomic E-state index is 5.54. The van der Waals surface area contributed by atoms with Crippen LogP contribution >= 0.6 is 0 Å². The molecule has 3 nitrogen and oxygen atoms in total. The molecule has 0 atom stereocenters. The zero-order chi connectivity index (χ0) is 10.7. The molecule has 2 rings (SSSR count). The van der Waals surface area contributed by atoms with Crippen molar-refractivity contribution < 1.29 is 9.26 Å². The van der Waals surface area contributed by atoms with Crippen LogP contribution in [0.25, 0.3) is 0 Å². The number of aromatic nitrogens is 1. The summed E-state index contributed by atoms with van der Waals surface area (Å²) in [5.41, 5.74) is 2.03. The minimum absolute atomic E-state index is 0.445. The topological polar surface area (TPSA) is 35.3 Å². The first-order valence-corrected chi connectivity index (χ1v) is 4.86. The molecule has 0 bridgehead atoms. The standard InChI is InChI=1S/C12H13NO2/c1-9-3-5-12(6-4-9)14-8-11-7-10(2)15-13-11/h3-7H,8H2,1-2H3. The second-order valence-corrected chi connectivity index (χ2v) is 3.53. The lowest BCUT2D eigenvalue weighted by atomic mass is 10.2. The zero-order valence-corrected chi connectivity index (χ0v) is 8.86. The van der Waals surface area contributed by atoms with Crippen molar-refractivity contribution in [3.05, 3.63) is 47.3 Å². The molecule has 1 aromatic heterocycles. The Balaban J connectivity index is 1.96. The smallest absolute Gasteiger partial charge is 0.134 e. The van der Waals surface area contributed by atoms with E-state index in [1.165, 1.54) is 5.56 Å². The van der Waals surface area contributed by atoms with Crippen LogP contribution in [0.1, 0.15) is 17.0 Å². The third kappa shape index (κ3) is 2.59. The average molecular weight is 203 g/mol. The fourth-order valence-electron chi connectivity index (χ4n) is 1.28. The summed E-state index contributed by atoms with van der Waals surface area (Å²) in [4.78, 5) is 0. The Morgan fingerprint density at radius 3 is 2.53 bits per heavy atom. The number of rotatable bonds is 3. The first kappa shape index (κ1) is 9.77. The summed E-state index contributed by atoms with van der Waals surface area (Å²) in [7, 11) is 0. The third-order valence-corrected chi connectivity index (χ3v) is 2.08. The number of ether oxygens (including phenoxy) is 1. The highest BCUT2D eigenvalue weighted by molar-refractivity contribution is 5.26. The van der Waals surface area contributed by atoms with Gasteiger partial charge in [-0.3, -0.25) is 0 Å². The Kier molecular flexibility index (Phi) is 2.72. The van der Waals surface area contributed by atoms with Gasteiger partial charge in [-0.15, -0.1) is 0 Å². The lowest BCUT2D eigenvalue weighted by Gasteiger charge is -2.03. The average Bonchev–Trinajstić information content (AvgIpc) is 2.64. The fourth-order valence-corrected chi connectivity index (χ4v) is 1.28. The number of hydrogen-bond acceptors (Lipinski definition) is 3. The van der Waals surface area contributed by atoms with Gasteiger partial charge in [-0.25, -0.2) is 0 Å². The molecule has 0 N–H and O–H groups in total. The van der Waals surface area contributed by atoms with E-state index in [1.54, 1.807) is 0 Å². The van der Waals surface area contributed by atoms with E-state index in [-0.39, 0.29) is 0 Å².